The number of carbonyl (C=O) groups is 1. The SMILES string of the molecule is CCOC(=O)CN(Cc1cccc(CN)c1)C1CC1. The van der Waals surface area contributed by atoms with Crippen molar-refractivity contribution in [2.24, 2.45) is 5.73 Å². The molecule has 2 rings (SSSR count). The average Bonchev–Trinajstić information content (AvgIpc) is 3.23. The average molecular weight is 262 g/mol. The molecule has 0 amide bonds. The summed E-state index contributed by atoms with van der Waals surface area (Å²) in [5, 5.41) is 0. The summed E-state index contributed by atoms with van der Waals surface area (Å²) in [6.45, 7) is 4.00. The van der Waals surface area contributed by atoms with Crippen molar-refractivity contribution in [3.8, 4) is 0 Å². The Morgan fingerprint density at radius 1 is 1.42 bits per heavy atom. The van der Waals surface area contributed by atoms with Crippen LogP contribution in [-0.2, 0) is 22.6 Å². The third-order valence-corrected chi connectivity index (χ3v) is 3.31. The second-order valence-corrected chi connectivity index (χ2v) is 4.97. The summed E-state index contributed by atoms with van der Waals surface area (Å²) in [4.78, 5) is 13.8. The first-order valence-corrected chi connectivity index (χ1v) is 6.90. The summed E-state index contributed by atoms with van der Waals surface area (Å²) in [6.07, 6.45) is 2.35. The van der Waals surface area contributed by atoms with Gasteiger partial charge in [-0.05, 0) is 30.9 Å². The van der Waals surface area contributed by atoms with Crippen LogP contribution in [0.1, 0.15) is 30.9 Å². The topological polar surface area (TPSA) is 55.6 Å². The molecule has 1 aromatic carbocycles. The summed E-state index contributed by atoms with van der Waals surface area (Å²) in [5.41, 5.74) is 7.99. The number of ether oxygens (including phenoxy) is 1. The molecular weight excluding hydrogens is 240 g/mol. The molecule has 0 aromatic heterocycles. The molecule has 0 spiro atoms. The smallest absolute Gasteiger partial charge is 0.320 e. The minimum atomic E-state index is -0.135. The largest absolute Gasteiger partial charge is 0.465 e. The maximum absolute atomic E-state index is 11.6. The van der Waals surface area contributed by atoms with Crippen LogP contribution in [0, 0.1) is 0 Å². The van der Waals surface area contributed by atoms with Crippen molar-refractivity contribution < 1.29 is 9.53 Å². The van der Waals surface area contributed by atoms with Gasteiger partial charge in [0.25, 0.3) is 0 Å². The highest BCUT2D eigenvalue weighted by atomic mass is 16.5. The monoisotopic (exact) mass is 262 g/mol. The Balaban J connectivity index is 1.97. The van der Waals surface area contributed by atoms with E-state index in [9.17, 15) is 4.79 Å². The van der Waals surface area contributed by atoms with Crippen molar-refractivity contribution in [1.82, 2.24) is 4.90 Å². The lowest BCUT2D eigenvalue weighted by Crippen LogP contribution is -2.32. The van der Waals surface area contributed by atoms with Crippen molar-refractivity contribution in [3.05, 3.63) is 35.4 Å². The van der Waals surface area contributed by atoms with Crippen molar-refractivity contribution in [3.63, 3.8) is 0 Å². The van der Waals surface area contributed by atoms with Crippen LogP contribution in [0.3, 0.4) is 0 Å². The second-order valence-electron chi connectivity index (χ2n) is 4.97. The lowest BCUT2D eigenvalue weighted by atomic mass is 10.1. The molecule has 1 saturated carbocycles. The Morgan fingerprint density at radius 3 is 2.79 bits per heavy atom. The Labute approximate surface area is 114 Å². The first-order valence-electron chi connectivity index (χ1n) is 6.90. The molecule has 0 radical (unpaired) electrons. The van der Waals surface area contributed by atoms with Gasteiger partial charge in [0.05, 0.1) is 13.2 Å². The molecule has 4 heteroatoms. The number of hydrogen-bond donors (Lipinski definition) is 1. The summed E-state index contributed by atoms with van der Waals surface area (Å²) in [6, 6.07) is 8.77. The van der Waals surface area contributed by atoms with Gasteiger partial charge in [-0.3, -0.25) is 9.69 Å². The van der Waals surface area contributed by atoms with Gasteiger partial charge in [0.15, 0.2) is 0 Å². The van der Waals surface area contributed by atoms with E-state index in [1.807, 2.05) is 19.1 Å². The molecule has 0 bridgehead atoms. The van der Waals surface area contributed by atoms with Crippen LogP contribution in [-0.4, -0.2) is 30.1 Å². The zero-order valence-corrected chi connectivity index (χ0v) is 11.5. The molecule has 19 heavy (non-hydrogen) atoms. The molecule has 1 aliphatic rings. The van der Waals surface area contributed by atoms with E-state index in [0.717, 1.165) is 12.1 Å². The highest BCUT2D eigenvalue weighted by Crippen LogP contribution is 2.28. The van der Waals surface area contributed by atoms with E-state index in [1.165, 1.54) is 18.4 Å². The van der Waals surface area contributed by atoms with Crippen molar-refractivity contribution in [2.45, 2.75) is 38.9 Å². The summed E-state index contributed by atoms with van der Waals surface area (Å²) in [7, 11) is 0. The molecule has 1 fully saturated rings. The van der Waals surface area contributed by atoms with E-state index in [2.05, 4.69) is 17.0 Å². The van der Waals surface area contributed by atoms with Gasteiger partial charge >= 0.3 is 5.97 Å². The van der Waals surface area contributed by atoms with Crippen LogP contribution in [0.25, 0.3) is 0 Å². The summed E-state index contributed by atoms with van der Waals surface area (Å²) < 4.78 is 5.03. The van der Waals surface area contributed by atoms with Crippen molar-refractivity contribution in [1.29, 1.82) is 0 Å². The van der Waals surface area contributed by atoms with Gasteiger partial charge in [-0.1, -0.05) is 24.3 Å². The molecule has 0 heterocycles. The number of hydrogen-bond acceptors (Lipinski definition) is 4. The predicted octanol–water partition coefficient (Wildman–Crippen LogP) is 1.67. The van der Waals surface area contributed by atoms with E-state index in [0.29, 0.717) is 25.7 Å². The molecule has 0 aliphatic heterocycles. The van der Waals surface area contributed by atoms with Gasteiger partial charge in [-0.2, -0.15) is 0 Å². The van der Waals surface area contributed by atoms with Crippen LogP contribution in [0.15, 0.2) is 24.3 Å². The van der Waals surface area contributed by atoms with Crippen LogP contribution >= 0.6 is 0 Å². The minimum Gasteiger partial charge on any atom is -0.465 e. The lowest BCUT2D eigenvalue weighted by molar-refractivity contribution is -0.144. The van der Waals surface area contributed by atoms with Crippen molar-refractivity contribution >= 4 is 5.97 Å². The molecule has 4 nitrogen and oxygen atoms in total. The van der Waals surface area contributed by atoms with Gasteiger partial charge in [0.1, 0.15) is 0 Å². The number of nitrogens with two attached hydrogens (primary N) is 1. The first kappa shape index (κ1) is 14.0. The molecule has 0 unspecified atom stereocenters. The summed E-state index contributed by atoms with van der Waals surface area (Å²) >= 11 is 0. The zero-order chi connectivity index (χ0) is 13.7. The third kappa shape index (κ3) is 4.33. The molecular formula is C15H22N2O2. The normalized spacial score (nSPS) is 14.7. The van der Waals surface area contributed by atoms with Crippen LogP contribution in [0.5, 0.6) is 0 Å². The fraction of sp³-hybridized carbons (Fsp3) is 0.533. The van der Waals surface area contributed by atoms with Crippen molar-refractivity contribution in [2.75, 3.05) is 13.2 Å². The van der Waals surface area contributed by atoms with Gasteiger partial charge in [0.2, 0.25) is 0 Å². The molecule has 1 aromatic rings. The summed E-state index contributed by atoms with van der Waals surface area (Å²) in [5.74, 6) is -0.135. The maximum atomic E-state index is 11.6. The molecule has 0 saturated heterocycles. The van der Waals surface area contributed by atoms with Gasteiger partial charge < -0.3 is 10.5 Å². The van der Waals surface area contributed by atoms with Gasteiger partial charge in [-0.15, -0.1) is 0 Å². The minimum absolute atomic E-state index is 0.135. The quantitative estimate of drug-likeness (QED) is 0.759. The highest BCUT2D eigenvalue weighted by Gasteiger charge is 2.30. The third-order valence-electron chi connectivity index (χ3n) is 3.31. The Bertz CT molecular complexity index is 430. The lowest BCUT2D eigenvalue weighted by Gasteiger charge is -2.21. The second kappa shape index (κ2) is 6.68. The fourth-order valence-corrected chi connectivity index (χ4v) is 2.22. The Hall–Kier alpha value is -1.39. The number of esters is 1. The Morgan fingerprint density at radius 2 is 2.16 bits per heavy atom. The van der Waals surface area contributed by atoms with E-state index in [4.69, 9.17) is 10.5 Å². The van der Waals surface area contributed by atoms with Crippen LogP contribution in [0.4, 0.5) is 0 Å². The predicted molar refractivity (Wildman–Crippen MR) is 74.4 cm³/mol. The molecule has 0 atom stereocenters. The standard InChI is InChI=1S/C15H22N2O2/c1-2-19-15(18)11-17(14-6-7-14)10-13-5-3-4-12(8-13)9-16/h3-5,8,14H,2,6-7,9-11,16H2,1H3. The van der Waals surface area contributed by atoms with E-state index >= 15 is 0 Å². The zero-order valence-electron chi connectivity index (χ0n) is 11.5. The Kier molecular flexibility index (Phi) is 4.93. The van der Waals surface area contributed by atoms with E-state index in [-0.39, 0.29) is 5.97 Å². The number of nitrogens with zero attached hydrogens (tertiary/aromatic N) is 1. The maximum Gasteiger partial charge on any atom is 0.320 e. The number of rotatable bonds is 7. The van der Waals surface area contributed by atoms with Crippen LogP contribution in [0.2, 0.25) is 0 Å². The number of carbonyl (C=O) groups excluding carboxylic acids is 1. The number of benzene rings is 1. The highest BCUT2D eigenvalue weighted by molar-refractivity contribution is 5.71. The van der Waals surface area contributed by atoms with E-state index < -0.39 is 0 Å². The molecule has 1 aliphatic carbocycles. The molecule has 2 N–H and O–H groups in total. The van der Waals surface area contributed by atoms with Gasteiger partial charge in [0, 0.05) is 19.1 Å². The van der Waals surface area contributed by atoms with Crippen LogP contribution < -0.4 is 5.73 Å². The fourth-order valence-electron chi connectivity index (χ4n) is 2.22. The van der Waals surface area contributed by atoms with Gasteiger partial charge in [-0.25, -0.2) is 0 Å². The first-order chi connectivity index (χ1) is 9.22. The molecule has 104 valence electrons. The van der Waals surface area contributed by atoms with E-state index in [1.54, 1.807) is 0 Å².